The van der Waals surface area contributed by atoms with Crippen LogP contribution in [0.15, 0.2) is 94.0 Å². The van der Waals surface area contributed by atoms with E-state index < -0.39 is 17.1 Å². The summed E-state index contributed by atoms with van der Waals surface area (Å²) < 4.78 is 27.4. The van der Waals surface area contributed by atoms with Crippen LogP contribution in [0, 0.1) is 0 Å². The highest BCUT2D eigenvalue weighted by molar-refractivity contribution is 7.92. The summed E-state index contributed by atoms with van der Waals surface area (Å²) >= 11 is 0. The highest BCUT2D eigenvalue weighted by atomic mass is 32.2. The quantitative estimate of drug-likeness (QED) is 0.450. The minimum atomic E-state index is -3.83. The summed E-state index contributed by atoms with van der Waals surface area (Å²) in [6.45, 7) is 0. The molecule has 3 aromatic carbocycles. The van der Waals surface area contributed by atoms with E-state index in [0.29, 0.717) is 11.4 Å². The monoisotopic (exact) mass is 381 g/mol. The molecule has 0 unspecified atom stereocenters. The van der Waals surface area contributed by atoms with Gasteiger partial charge in [-0.25, -0.2) is 8.42 Å². The highest BCUT2D eigenvalue weighted by Crippen LogP contribution is 2.21. The lowest BCUT2D eigenvalue weighted by Gasteiger charge is -2.09. The molecule has 27 heavy (non-hydrogen) atoms. The van der Waals surface area contributed by atoms with Gasteiger partial charge in [0.15, 0.2) is 0 Å². The molecule has 0 fully saturated rings. The maximum atomic E-state index is 12.5. The summed E-state index contributed by atoms with van der Waals surface area (Å²) in [5, 5.41) is 26.5. The Morgan fingerprint density at radius 2 is 1.41 bits per heavy atom. The molecule has 0 saturated carbocycles. The molecule has 0 spiro atoms. The summed E-state index contributed by atoms with van der Waals surface area (Å²) in [4.78, 5) is 0.0520. The lowest BCUT2D eigenvalue weighted by molar-refractivity contribution is 0.426. The molecule has 0 saturated heterocycles. The normalized spacial score (nSPS) is 11.5. The summed E-state index contributed by atoms with van der Waals surface area (Å²) in [6.07, 6.45) is 0. The first-order valence-electron chi connectivity index (χ1n) is 8.00. The van der Waals surface area contributed by atoms with Crippen molar-refractivity contribution in [1.29, 1.82) is 0 Å². The molecule has 0 heterocycles. The van der Waals surface area contributed by atoms with Crippen LogP contribution in [0.3, 0.4) is 0 Å². The van der Waals surface area contributed by atoms with E-state index in [1.807, 2.05) is 30.3 Å². The standard InChI is InChI=1S/C18H16BN3O4S/c23-19(24)14-5-4-8-17(13-14)22-27(25,26)18-11-9-16(10-12-18)21-20-15-6-2-1-3-7-15/h1-13,22-24H. The Bertz CT molecular complexity index is 1040. The predicted molar refractivity (Wildman–Crippen MR) is 104 cm³/mol. The zero-order chi connectivity index (χ0) is 19.3. The van der Waals surface area contributed by atoms with Crippen molar-refractivity contribution >= 4 is 39.7 Å². The number of sulfonamides is 1. The molecule has 0 amide bonds. The predicted octanol–water partition coefficient (Wildman–Crippen LogP) is 2.58. The molecule has 0 atom stereocenters. The number of azo groups is 1. The van der Waals surface area contributed by atoms with Crippen LogP contribution < -0.4 is 10.2 Å². The first-order valence-corrected chi connectivity index (χ1v) is 9.48. The van der Waals surface area contributed by atoms with Gasteiger partial charge < -0.3 is 10.0 Å². The second kappa shape index (κ2) is 8.13. The van der Waals surface area contributed by atoms with Crippen molar-refractivity contribution in [2.75, 3.05) is 4.72 Å². The first-order chi connectivity index (χ1) is 12.9. The van der Waals surface area contributed by atoms with Gasteiger partial charge in [-0.3, -0.25) is 4.72 Å². The molecule has 9 heteroatoms. The molecule has 0 radical (unpaired) electrons. The van der Waals surface area contributed by atoms with Crippen molar-refractivity contribution in [2.24, 2.45) is 10.2 Å². The minimum absolute atomic E-state index is 0.0520. The topological polar surface area (TPSA) is 111 Å². The molecular formula is C18H16BN3O4S. The number of anilines is 1. The average molecular weight is 381 g/mol. The van der Waals surface area contributed by atoms with Gasteiger partial charge in [0.2, 0.25) is 0 Å². The second-order valence-corrected chi connectivity index (χ2v) is 7.32. The van der Waals surface area contributed by atoms with E-state index in [0.717, 1.165) is 0 Å². The van der Waals surface area contributed by atoms with Gasteiger partial charge in [-0.15, -0.1) is 0 Å². The Kier molecular flexibility index (Phi) is 5.65. The third kappa shape index (κ3) is 5.01. The van der Waals surface area contributed by atoms with Crippen molar-refractivity contribution in [2.45, 2.75) is 4.90 Å². The Hall–Kier alpha value is -3.01. The van der Waals surface area contributed by atoms with Crippen LogP contribution in [-0.2, 0) is 10.0 Å². The van der Waals surface area contributed by atoms with Gasteiger partial charge in [0.1, 0.15) is 0 Å². The van der Waals surface area contributed by atoms with Crippen LogP contribution in [0.2, 0.25) is 0 Å². The van der Waals surface area contributed by atoms with Gasteiger partial charge in [-0.05, 0) is 54.0 Å². The van der Waals surface area contributed by atoms with Crippen molar-refractivity contribution in [3.8, 4) is 0 Å². The van der Waals surface area contributed by atoms with Crippen LogP contribution in [0.4, 0.5) is 17.1 Å². The smallest absolute Gasteiger partial charge is 0.423 e. The molecule has 0 aliphatic rings. The van der Waals surface area contributed by atoms with Gasteiger partial charge >= 0.3 is 7.12 Å². The summed E-state index contributed by atoms with van der Waals surface area (Å²) in [7, 11) is -5.50. The fourth-order valence-electron chi connectivity index (χ4n) is 2.28. The molecule has 3 aromatic rings. The molecule has 136 valence electrons. The maximum absolute atomic E-state index is 12.5. The van der Waals surface area contributed by atoms with Crippen LogP contribution in [-0.4, -0.2) is 25.6 Å². The Labute approximate surface area is 157 Å². The third-order valence-corrected chi connectivity index (χ3v) is 5.02. The summed E-state index contributed by atoms with van der Waals surface area (Å²) in [5.41, 5.74) is 1.63. The zero-order valence-electron chi connectivity index (χ0n) is 14.1. The van der Waals surface area contributed by atoms with E-state index in [1.54, 1.807) is 12.1 Å². The lowest BCUT2D eigenvalue weighted by Crippen LogP contribution is -2.30. The number of nitrogens with zero attached hydrogens (tertiary/aromatic N) is 2. The van der Waals surface area contributed by atoms with Gasteiger partial charge in [-0.1, -0.05) is 30.3 Å². The number of hydrogen-bond donors (Lipinski definition) is 3. The van der Waals surface area contributed by atoms with Gasteiger partial charge in [0, 0.05) is 5.69 Å². The van der Waals surface area contributed by atoms with E-state index in [4.69, 9.17) is 0 Å². The largest absolute Gasteiger partial charge is 0.488 e. The first kappa shape index (κ1) is 18.8. The van der Waals surface area contributed by atoms with Crippen LogP contribution in [0.5, 0.6) is 0 Å². The van der Waals surface area contributed by atoms with E-state index in [2.05, 4.69) is 15.0 Å². The molecule has 0 bridgehead atoms. The van der Waals surface area contributed by atoms with Crippen LogP contribution >= 0.6 is 0 Å². The van der Waals surface area contributed by atoms with Gasteiger partial charge in [-0.2, -0.15) is 10.2 Å². The summed E-state index contributed by atoms with van der Waals surface area (Å²) in [6, 6.07) is 21.0. The lowest BCUT2D eigenvalue weighted by atomic mass is 9.80. The van der Waals surface area contributed by atoms with E-state index in [1.165, 1.54) is 36.4 Å². The molecule has 3 N–H and O–H groups in total. The molecule has 0 aromatic heterocycles. The van der Waals surface area contributed by atoms with Gasteiger partial charge in [0.05, 0.1) is 16.3 Å². The minimum Gasteiger partial charge on any atom is -0.423 e. The fraction of sp³-hybridized carbons (Fsp3) is 0. The van der Waals surface area contributed by atoms with Crippen LogP contribution in [0.25, 0.3) is 0 Å². The van der Waals surface area contributed by atoms with E-state index in [9.17, 15) is 18.5 Å². The Morgan fingerprint density at radius 3 is 2.04 bits per heavy atom. The second-order valence-electron chi connectivity index (χ2n) is 5.63. The zero-order valence-corrected chi connectivity index (χ0v) is 14.9. The van der Waals surface area contributed by atoms with E-state index in [-0.39, 0.29) is 16.0 Å². The highest BCUT2D eigenvalue weighted by Gasteiger charge is 2.16. The number of hydrogen-bond acceptors (Lipinski definition) is 6. The molecule has 0 aliphatic carbocycles. The summed E-state index contributed by atoms with van der Waals surface area (Å²) in [5.74, 6) is 0. The number of benzene rings is 3. The molecule has 7 nitrogen and oxygen atoms in total. The molecular weight excluding hydrogens is 365 g/mol. The maximum Gasteiger partial charge on any atom is 0.488 e. The SMILES string of the molecule is O=S(=O)(Nc1cccc(B(O)O)c1)c1ccc(N=Nc2ccccc2)cc1. The van der Waals surface area contributed by atoms with E-state index >= 15 is 0 Å². The third-order valence-electron chi connectivity index (χ3n) is 3.62. The van der Waals surface area contributed by atoms with Gasteiger partial charge in [0.25, 0.3) is 10.0 Å². The molecule has 3 rings (SSSR count). The average Bonchev–Trinajstić information content (AvgIpc) is 2.67. The van der Waals surface area contributed by atoms with Crippen molar-refractivity contribution in [3.63, 3.8) is 0 Å². The molecule has 0 aliphatic heterocycles. The Morgan fingerprint density at radius 1 is 0.778 bits per heavy atom. The van der Waals surface area contributed by atoms with Crippen molar-refractivity contribution < 1.29 is 18.5 Å². The van der Waals surface area contributed by atoms with Crippen molar-refractivity contribution in [1.82, 2.24) is 0 Å². The van der Waals surface area contributed by atoms with Crippen molar-refractivity contribution in [3.05, 3.63) is 78.9 Å². The Balaban J connectivity index is 1.75. The fourth-order valence-corrected chi connectivity index (χ4v) is 3.33. The number of rotatable bonds is 6. The number of nitrogens with one attached hydrogen (secondary N) is 1. The van der Waals surface area contributed by atoms with Crippen LogP contribution in [0.1, 0.15) is 0 Å².